The Hall–Kier alpha value is -2.34. The summed E-state index contributed by atoms with van der Waals surface area (Å²) in [6, 6.07) is 14.1. The lowest BCUT2D eigenvalue weighted by Crippen LogP contribution is -2.41. The van der Waals surface area contributed by atoms with E-state index < -0.39 is 10.0 Å². The molecule has 1 heterocycles. The maximum absolute atomic E-state index is 13.2. The molecule has 0 aromatic heterocycles. The first-order chi connectivity index (χ1) is 13.5. The average molecular weight is 399 g/mol. The fourth-order valence-electron chi connectivity index (χ4n) is 4.27. The summed E-state index contributed by atoms with van der Waals surface area (Å²) in [5.41, 5.74) is 2.16. The van der Waals surface area contributed by atoms with Crippen LogP contribution in [0.4, 0.5) is 5.69 Å². The quantitative estimate of drug-likeness (QED) is 0.853. The number of amides is 1. The zero-order valence-corrected chi connectivity index (χ0v) is 16.9. The number of benzene rings is 2. The average Bonchev–Trinajstić information content (AvgIpc) is 3.15. The molecule has 0 bridgehead atoms. The Morgan fingerprint density at radius 2 is 1.86 bits per heavy atom. The third kappa shape index (κ3) is 3.53. The van der Waals surface area contributed by atoms with Crippen molar-refractivity contribution in [1.82, 2.24) is 5.32 Å². The number of hydrogen-bond acceptors (Lipinski definition) is 3. The van der Waals surface area contributed by atoms with Gasteiger partial charge in [-0.3, -0.25) is 9.10 Å². The molecule has 28 heavy (non-hydrogen) atoms. The molecule has 1 aliphatic heterocycles. The van der Waals surface area contributed by atoms with Gasteiger partial charge >= 0.3 is 0 Å². The van der Waals surface area contributed by atoms with E-state index in [2.05, 4.69) is 12.2 Å². The van der Waals surface area contributed by atoms with Crippen LogP contribution in [0.2, 0.25) is 0 Å². The molecule has 6 heteroatoms. The predicted octanol–water partition coefficient (Wildman–Crippen LogP) is 3.75. The molecule has 1 N–H and O–H groups in total. The summed E-state index contributed by atoms with van der Waals surface area (Å²) in [6.07, 6.45) is 5.13. The van der Waals surface area contributed by atoms with Crippen LogP contribution in [0.5, 0.6) is 0 Å². The summed E-state index contributed by atoms with van der Waals surface area (Å²) < 4.78 is 27.9. The van der Waals surface area contributed by atoms with Gasteiger partial charge in [-0.15, -0.1) is 0 Å². The Morgan fingerprint density at radius 1 is 1.07 bits per heavy atom. The van der Waals surface area contributed by atoms with Crippen LogP contribution >= 0.6 is 0 Å². The van der Waals surface area contributed by atoms with E-state index in [4.69, 9.17) is 0 Å². The second kappa shape index (κ2) is 7.59. The highest BCUT2D eigenvalue weighted by Crippen LogP contribution is 2.33. The first kappa shape index (κ1) is 19.0. The number of carbonyl (C=O) groups is 1. The summed E-state index contributed by atoms with van der Waals surface area (Å²) >= 11 is 0. The molecule has 5 nitrogen and oxygen atoms in total. The van der Waals surface area contributed by atoms with Crippen LogP contribution in [0.25, 0.3) is 0 Å². The highest BCUT2D eigenvalue weighted by Gasteiger charge is 2.31. The highest BCUT2D eigenvalue weighted by molar-refractivity contribution is 7.92. The number of para-hydroxylation sites is 1. The van der Waals surface area contributed by atoms with Gasteiger partial charge in [0, 0.05) is 18.2 Å². The van der Waals surface area contributed by atoms with Crippen molar-refractivity contribution >= 4 is 21.6 Å². The normalized spacial score (nSPS) is 22.0. The van der Waals surface area contributed by atoms with E-state index in [1.54, 1.807) is 18.2 Å². The van der Waals surface area contributed by atoms with E-state index >= 15 is 0 Å². The van der Waals surface area contributed by atoms with Gasteiger partial charge in [0.25, 0.3) is 15.9 Å². The van der Waals surface area contributed by atoms with Crippen LogP contribution in [-0.2, 0) is 16.4 Å². The standard InChI is InChI=1S/C22H26N2O3S/c1-16-7-2-4-11-20(16)23-22(25)18-9-6-10-19(15-18)28(26,27)24-14-13-17-8-3-5-12-21(17)24/h3,5-6,8-10,12,15-16,20H,2,4,7,11,13-14H2,1H3,(H,23,25)/t16-,20-/m1/s1. The van der Waals surface area contributed by atoms with Crippen LogP contribution < -0.4 is 9.62 Å². The van der Waals surface area contributed by atoms with Crippen molar-refractivity contribution in [2.45, 2.75) is 50.0 Å². The number of carbonyl (C=O) groups excluding carboxylic acids is 1. The van der Waals surface area contributed by atoms with Crippen LogP contribution in [0.1, 0.15) is 48.5 Å². The van der Waals surface area contributed by atoms with E-state index in [0.29, 0.717) is 24.4 Å². The molecule has 1 fully saturated rings. The van der Waals surface area contributed by atoms with Crippen molar-refractivity contribution in [2.24, 2.45) is 5.92 Å². The molecular weight excluding hydrogens is 372 g/mol. The van der Waals surface area contributed by atoms with E-state index in [0.717, 1.165) is 30.5 Å². The van der Waals surface area contributed by atoms with Crippen LogP contribution in [0.15, 0.2) is 53.4 Å². The van der Waals surface area contributed by atoms with Crippen LogP contribution in [0.3, 0.4) is 0 Å². The molecule has 2 aromatic carbocycles. The second-order valence-corrected chi connectivity index (χ2v) is 9.69. The van der Waals surface area contributed by atoms with E-state index in [1.807, 2.05) is 24.3 Å². The third-order valence-corrected chi connectivity index (χ3v) is 7.77. The third-order valence-electron chi connectivity index (χ3n) is 5.96. The van der Waals surface area contributed by atoms with Gasteiger partial charge < -0.3 is 5.32 Å². The van der Waals surface area contributed by atoms with Gasteiger partial charge in [0.1, 0.15) is 0 Å². The zero-order valence-electron chi connectivity index (χ0n) is 16.1. The summed E-state index contributed by atoms with van der Waals surface area (Å²) in [7, 11) is -3.70. The molecular formula is C22H26N2O3S. The first-order valence-electron chi connectivity index (χ1n) is 9.98. The van der Waals surface area contributed by atoms with Gasteiger partial charge in [-0.2, -0.15) is 0 Å². The minimum atomic E-state index is -3.70. The van der Waals surface area contributed by atoms with Crippen LogP contribution in [-0.4, -0.2) is 26.9 Å². The van der Waals surface area contributed by atoms with Crippen LogP contribution in [0, 0.1) is 5.92 Å². The SMILES string of the molecule is C[C@@H]1CCCC[C@H]1NC(=O)c1cccc(S(=O)(=O)N2CCc3ccccc32)c1. The van der Waals surface area contributed by atoms with Gasteiger partial charge in [0.15, 0.2) is 0 Å². The minimum Gasteiger partial charge on any atom is -0.349 e. The molecule has 0 unspecified atom stereocenters. The summed E-state index contributed by atoms with van der Waals surface area (Å²) in [5, 5.41) is 3.10. The van der Waals surface area contributed by atoms with Crippen molar-refractivity contribution in [2.75, 3.05) is 10.8 Å². The summed E-state index contributed by atoms with van der Waals surface area (Å²) in [5.74, 6) is 0.253. The van der Waals surface area contributed by atoms with Crippen molar-refractivity contribution in [3.63, 3.8) is 0 Å². The van der Waals surface area contributed by atoms with Crippen molar-refractivity contribution in [1.29, 1.82) is 0 Å². The molecule has 4 rings (SSSR count). The Bertz CT molecular complexity index is 987. The molecule has 0 radical (unpaired) electrons. The molecule has 1 amide bonds. The van der Waals surface area contributed by atoms with Gasteiger partial charge in [-0.25, -0.2) is 8.42 Å². The summed E-state index contributed by atoms with van der Waals surface area (Å²) in [4.78, 5) is 12.9. The monoisotopic (exact) mass is 398 g/mol. The topological polar surface area (TPSA) is 66.5 Å². The highest BCUT2D eigenvalue weighted by atomic mass is 32.2. The Kier molecular flexibility index (Phi) is 5.15. The molecule has 148 valence electrons. The number of hydrogen-bond donors (Lipinski definition) is 1. The molecule has 2 atom stereocenters. The molecule has 1 aliphatic carbocycles. The Morgan fingerprint density at radius 3 is 2.68 bits per heavy atom. The number of rotatable bonds is 4. The molecule has 2 aliphatic rings. The zero-order chi connectivity index (χ0) is 19.7. The molecule has 0 spiro atoms. The minimum absolute atomic E-state index is 0.159. The predicted molar refractivity (Wildman–Crippen MR) is 110 cm³/mol. The van der Waals surface area contributed by atoms with E-state index in [1.165, 1.54) is 16.8 Å². The lowest BCUT2D eigenvalue weighted by atomic mass is 9.86. The van der Waals surface area contributed by atoms with Gasteiger partial charge in [0.2, 0.25) is 0 Å². The Balaban J connectivity index is 1.57. The number of nitrogens with one attached hydrogen (secondary N) is 1. The summed E-state index contributed by atoms with van der Waals surface area (Å²) in [6.45, 7) is 2.59. The molecule has 0 saturated heterocycles. The molecule has 1 saturated carbocycles. The number of sulfonamides is 1. The number of nitrogens with zero attached hydrogens (tertiary/aromatic N) is 1. The van der Waals surface area contributed by atoms with E-state index in [-0.39, 0.29) is 16.8 Å². The first-order valence-corrected chi connectivity index (χ1v) is 11.4. The fraction of sp³-hybridized carbons (Fsp3) is 0.409. The maximum atomic E-state index is 13.2. The lowest BCUT2D eigenvalue weighted by molar-refractivity contribution is 0.0910. The maximum Gasteiger partial charge on any atom is 0.264 e. The number of anilines is 1. The largest absolute Gasteiger partial charge is 0.349 e. The fourth-order valence-corrected chi connectivity index (χ4v) is 5.81. The smallest absolute Gasteiger partial charge is 0.264 e. The van der Waals surface area contributed by atoms with Gasteiger partial charge in [-0.05, 0) is 55.0 Å². The lowest BCUT2D eigenvalue weighted by Gasteiger charge is -2.29. The number of fused-ring (bicyclic) bond motifs is 1. The van der Waals surface area contributed by atoms with Crippen molar-refractivity contribution < 1.29 is 13.2 Å². The Labute approximate surface area is 166 Å². The second-order valence-electron chi connectivity index (χ2n) is 7.83. The van der Waals surface area contributed by atoms with Gasteiger partial charge in [0.05, 0.1) is 10.6 Å². The van der Waals surface area contributed by atoms with Crippen molar-refractivity contribution in [3.05, 3.63) is 59.7 Å². The van der Waals surface area contributed by atoms with Gasteiger partial charge in [-0.1, -0.05) is 44.0 Å². The van der Waals surface area contributed by atoms with E-state index in [9.17, 15) is 13.2 Å². The van der Waals surface area contributed by atoms with Crippen molar-refractivity contribution in [3.8, 4) is 0 Å². The molecule has 2 aromatic rings.